The van der Waals surface area contributed by atoms with Crippen molar-refractivity contribution in [2.24, 2.45) is 0 Å². The van der Waals surface area contributed by atoms with Crippen molar-refractivity contribution in [1.82, 2.24) is 15.5 Å². The van der Waals surface area contributed by atoms with Gasteiger partial charge in [-0.05, 0) is 37.6 Å². The molecule has 132 valence electrons. The zero-order valence-corrected chi connectivity index (χ0v) is 14.6. The maximum absolute atomic E-state index is 12.0. The Hall–Kier alpha value is -1.79. The van der Waals surface area contributed by atoms with Gasteiger partial charge in [-0.1, -0.05) is 17.7 Å². The standard InChI is InChI=1S/C17H24ClN3O3/c1-13(22)20-15-5-3-8-21(11-15)12-17(23)19-7-9-24-16-6-2-4-14(18)10-16/h2,4,6,10,15H,3,5,7-9,11-12H2,1H3,(H,19,23)(H,20,22). The Bertz CT molecular complexity index is 568. The Kier molecular flexibility index (Phi) is 7.34. The summed E-state index contributed by atoms with van der Waals surface area (Å²) in [4.78, 5) is 25.2. The number of carbonyl (C=O) groups is 2. The van der Waals surface area contributed by atoms with Crippen LogP contribution in [0.5, 0.6) is 5.75 Å². The van der Waals surface area contributed by atoms with Gasteiger partial charge in [-0.3, -0.25) is 14.5 Å². The molecule has 1 unspecified atom stereocenters. The maximum Gasteiger partial charge on any atom is 0.234 e. The van der Waals surface area contributed by atoms with E-state index in [1.165, 1.54) is 6.92 Å². The number of hydrogen-bond acceptors (Lipinski definition) is 4. The molecule has 6 nitrogen and oxygen atoms in total. The van der Waals surface area contributed by atoms with E-state index in [2.05, 4.69) is 15.5 Å². The lowest BCUT2D eigenvalue weighted by Crippen LogP contribution is -2.50. The molecule has 2 N–H and O–H groups in total. The molecule has 0 aromatic heterocycles. The van der Waals surface area contributed by atoms with Crippen molar-refractivity contribution in [1.29, 1.82) is 0 Å². The van der Waals surface area contributed by atoms with E-state index in [1.54, 1.807) is 12.1 Å². The predicted octanol–water partition coefficient (Wildman–Crippen LogP) is 1.44. The van der Waals surface area contributed by atoms with E-state index in [4.69, 9.17) is 16.3 Å². The summed E-state index contributed by atoms with van der Waals surface area (Å²) in [5, 5.41) is 6.38. The van der Waals surface area contributed by atoms with Crippen LogP contribution < -0.4 is 15.4 Å². The molecule has 0 spiro atoms. The smallest absolute Gasteiger partial charge is 0.234 e. The lowest BCUT2D eigenvalue weighted by molar-refractivity contribution is -0.122. The van der Waals surface area contributed by atoms with Crippen LogP contribution in [0.25, 0.3) is 0 Å². The lowest BCUT2D eigenvalue weighted by atomic mass is 10.1. The highest BCUT2D eigenvalue weighted by Gasteiger charge is 2.21. The van der Waals surface area contributed by atoms with Crippen LogP contribution >= 0.6 is 11.6 Å². The fraction of sp³-hybridized carbons (Fsp3) is 0.529. The molecule has 1 saturated heterocycles. The number of carbonyl (C=O) groups excluding carboxylic acids is 2. The second kappa shape index (κ2) is 9.49. The molecule has 1 aromatic rings. The first kappa shape index (κ1) is 18.5. The second-order valence-corrected chi connectivity index (χ2v) is 6.37. The fourth-order valence-electron chi connectivity index (χ4n) is 2.78. The van der Waals surface area contributed by atoms with Crippen molar-refractivity contribution in [3.8, 4) is 5.75 Å². The number of benzene rings is 1. The summed E-state index contributed by atoms with van der Waals surface area (Å²) in [6.07, 6.45) is 1.95. The van der Waals surface area contributed by atoms with Crippen molar-refractivity contribution < 1.29 is 14.3 Å². The summed E-state index contributed by atoms with van der Waals surface area (Å²) < 4.78 is 5.53. The number of nitrogens with zero attached hydrogens (tertiary/aromatic N) is 1. The summed E-state index contributed by atoms with van der Waals surface area (Å²) in [6.45, 7) is 4.28. The summed E-state index contributed by atoms with van der Waals surface area (Å²) in [5.74, 6) is 0.628. The summed E-state index contributed by atoms with van der Waals surface area (Å²) in [5.41, 5.74) is 0. The highest BCUT2D eigenvalue weighted by molar-refractivity contribution is 6.30. The molecule has 7 heteroatoms. The van der Waals surface area contributed by atoms with Gasteiger partial charge >= 0.3 is 0 Å². The summed E-state index contributed by atoms with van der Waals surface area (Å²) in [6, 6.07) is 7.29. The molecule has 1 atom stereocenters. The van der Waals surface area contributed by atoms with E-state index in [-0.39, 0.29) is 17.9 Å². The molecule has 1 aromatic carbocycles. The molecule has 1 fully saturated rings. The molecular formula is C17H24ClN3O3. The number of piperidine rings is 1. The van der Waals surface area contributed by atoms with Gasteiger partial charge in [-0.2, -0.15) is 0 Å². The predicted molar refractivity (Wildman–Crippen MR) is 93.2 cm³/mol. The highest BCUT2D eigenvalue weighted by atomic mass is 35.5. The molecule has 0 aliphatic carbocycles. The third-order valence-corrected chi connectivity index (χ3v) is 4.00. The first-order valence-corrected chi connectivity index (χ1v) is 8.55. The topological polar surface area (TPSA) is 70.7 Å². The van der Waals surface area contributed by atoms with E-state index in [0.717, 1.165) is 19.4 Å². The normalized spacial score (nSPS) is 18.0. The van der Waals surface area contributed by atoms with Gasteiger partial charge in [0.2, 0.25) is 11.8 Å². The Labute approximate surface area is 147 Å². The van der Waals surface area contributed by atoms with Crippen molar-refractivity contribution >= 4 is 23.4 Å². The van der Waals surface area contributed by atoms with Gasteiger partial charge < -0.3 is 15.4 Å². The maximum atomic E-state index is 12.0. The molecular weight excluding hydrogens is 330 g/mol. The van der Waals surface area contributed by atoms with Crippen LogP contribution in [0.3, 0.4) is 0 Å². The quantitative estimate of drug-likeness (QED) is 0.728. The molecule has 2 amide bonds. The fourth-order valence-corrected chi connectivity index (χ4v) is 2.96. The van der Waals surface area contributed by atoms with Crippen LogP contribution in [0, 0.1) is 0 Å². The summed E-state index contributed by atoms with van der Waals surface area (Å²) in [7, 11) is 0. The molecule has 0 radical (unpaired) electrons. The largest absolute Gasteiger partial charge is 0.492 e. The van der Waals surface area contributed by atoms with E-state index >= 15 is 0 Å². The monoisotopic (exact) mass is 353 g/mol. The van der Waals surface area contributed by atoms with Gasteiger partial charge in [0.25, 0.3) is 0 Å². The number of likely N-dealkylation sites (tertiary alicyclic amines) is 1. The Morgan fingerprint density at radius 3 is 3.00 bits per heavy atom. The second-order valence-electron chi connectivity index (χ2n) is 5.93. The zero-order valence-electron chi connectivity index (χ0n) is 13.9. The van der Waals surface area contributed by atoms with Gasteiger partial charge in [-0.25, -0.2) is 0 Å². The number of ether oxygens (including phenoxy) is 1. The van der Waals surface area contributed by atoms with Gasteiger partial charge in [-0.15, -0.1) is 0 Å². The van der Waals surface area contributed by atoms with Gasteiger partial charge in [0.15, 0.2) is 0 Å². The van der Waals surface area contributed by atoms with E-state index in [9.17, 15) is 9.59 Å². The number of hydrogen-bond donors (Lipinski definition) is 2. The van der Waals surface area contributed by atoms with E-state index < -0.39 is 0 Å². The van der Waals surface area contributed by atoms with Gasteiger partial charge in [0.1, 0.15) is 12.4 Å². The lowest BCUT2D eigenvalue weighted by Gasteiger charge is -2.32. The molecule has 2 rings (SSSR count). The third-order valence-electron chi connectivity index (χ3n) is 3.77. The molecule has 1 aliphatic heterocycles. The SMILES string of the molecule is CC(=O)NC1CCCN(CC(=O)NCCOc2cccc(Cl)c2)C1. The first-order chi connectivity index (χ1) is 11.5. The minimum atomic E-state index is -0.0341. The molecule has 1 heterocycles. The van der Waals surface area contributed by atoms with Crippen LogP contribution in [-0.2, 0) is 9.59 Å². The van der Waals surface area contributed by atoms with Gasteiger partial charge in [0.05, 0.1) is 13.1 Å². The van der Waals surface area contributed by atoms with E-state index in [1.807, 2.05) is 12.1 Å². The molecule has 1 aliphatic rings. The number of nitrogens with one attached hydrogen (secondary N) is 2. The summed E-state index contributed by atoms with van der Waals surface area (Å²) >= 11 is 5.88. The van der Waals surface area contributed by atoms with E-state index in [0.29, 0.717) is 37.0 Å². The molecule has 0 bridgehead atoms. The first-order valence-electron chi connectivity index (χ1n) is 8.17. The number of amides is 2. The Morgan fingerprint density at radius 2 is 2.25 bits per heavy atom. The van der Waals surface area contributed by atoms with Crippen LogP contribution in [0.15, 0.2) is 24.3 Å². The van der Waals surface area contributed by atoms with Crippen LogP contribution in [0.1, 0.15) is 19.8 Å². The van der Waals surface area contributed by atoms with Crippen molar-refractivity contribution in [3.05, 3.63) is 29.3 Å². The Morgan fingerprint density at radius 1 is 1.42 bits per heavy atom. The van der Waals surface area contributed by atoms with Crippen LogP contribution in [0.4, 0.5) is 0 Å². The molecule has 24 heavy (non-hydrogen) atoms. The van der Waals surface area contributed by atoms with Crippen molar-refractivity contribution in [2.45, 2.75) is 25.8 Å². The minimum Gasteiger partial charge on any atom is -0.492 e. The van der Waals surface area contributed by atoms with Crippen molar-refractivity contribution in [2.75, 3.05) is 32.8 Å². The third kappa shape index (κ3) is 6.76. The van der Waals surface area contributed by atoms with Crippen LogP contribution in [-0.4, -0.2) is 55.5 Å². The average molecular weight is 354 g/mol. The zero-order chi connectivity index (χ0) is 17.4. The van der Waals surface area contributed by atoms with Gasteiger partial charge in [0, 0.05) is 24.5 Å². The number of rotatable bonds is 7. The number of halogens is 1. The minimum absolute atomic E-state index is 0.0236. The molecule has 0 saturated carbocycles. The van der Waals surface area contributed by atoms with Crippen LogP contribution in [0.2, 0.25) is 5.02 Å². The highest BCUT2D eigenvalue weighted by Crippen LogP contribution is 2.16. The van der Waals surface area contributed by atoms with Crippen molar-refractivity contribution in [3.63, 3.8) is 0 Å². The average Bonchev–Trinajstić information content (AvgIpc) is 2.51. The Balaban J connectivity index is 1.63.